The minimum absolute atomic E-state index is 0.862. The Bertz CT molecular complexity index is 335. The molecule has 1 aromatic carbocycles. The SMILES string of the molecule is CCCC(C#N)=CSc1ccccc1. The van der Waals surface area contributed by atoms with E-state index in [0.717, 1.165) is 18.4 Å². The van der Waals surface area contributed by atoms with Gasteiger partial charge in [0.15, 0.2) is 0 Å². The molecule has 14 heavy (non-hydrogen) atoms. The van der Waals surface area contributed by atoms with Crippen molar-refractivity contribution < 1.29 is 0 Å². The number of nitrogens with zero attached hydrogens (tertiary/aromatic N) is 1. The Morgan fingerprint density at radius 3 is 2.71 bits per heavy atom. The molecule has 0 aliphatic rings. The lowest BCUT2D eigenvalue weighted by Gasteiger charge is -1.96. The number of benzene rings is 1. The van der Waals surface area contributed by atoms with Crippen LogP contribution in [0.2, 0.25) is 0 Å². The molecular weight excluding hydrogens is 190 g/mol. The third-order valence-electron chi connectivity index (χ3n) is 1.74. The fourth-order valence-electron chi connectivity index (χ4n) is 1.05. The van der Waals surface area contributed by atoms with E-state index < -0.39 is 0 Å². The minimum atomic E-state index is 0.862. The van der Waals surface area contributed by atoms with Crippen molar-refractivity contribution >= 4 is 11.8 Å². The summed E-state index contributed by atoms with van der Waals surface area (Å²) in [6.07, 6.45) is 1.89. The van der Waals surface area contributed by atoms with Gasteiger partial charge in [0.05, 0.1) is 6.07 Å². The summed E-state index contributed by atoms with van der Waals surface area (Å²) in [4.78, 5) is 1.18. The molecule has 0 saturated heterocycles. The molecule has 0 spiro atoms. The van der Waals surface area contributed by atoms with Gasteiger partial charge in [0.2, 0.25) is 0 Å². The van der Waals surface area contributed by atoms with Crippen LogP contribution in [-0.4, -0.2) is 0 Å². The van der Waals surface area contributed by atoms with Crippen LogP contribution in [0.1, 0.15) is 19.8 Å². The second-order valence-electron chi connectivity index (χ2n) is 2.94. The van der Waals surface area contributed by atoms with E-state index in [1.807, 2.05) is 35.7 Å². The van der Waals surface area contributed by atoms with Gasteiger partial charge in [0.1, 0.15) is 0 Å². The predicted molar refractivity (Wildman–Crippen MR) is 60.9 cm³/mol. The Labute approximate surface area is 89.4 Å². The molecule has 0 amide bonds. The first-order chi connectivity index (χ1) is 6.86. The Morgan fingerprint density at radius 2 is 2.14 bits per heavy atom. The maximum absolute atomic E-state index is 8.80. The molecule has 1 aromatic rings. The van der Waals surface area contributed by atoms with Gasteiger partial charge in [0, 0.05) is 10.5 Å². The Kier molecular flexibility index (Phi) is 4.88. The maximum Gasteiger partial charge on any atom is 0.0952 e. The first kappa shape index (κ1) is 10.9. The van der Waals surface area contributed by atoms with Crippen molar-refractivity contribution in [1.82, 2.24) is 0 Å². The van der Waals surface area contributed by atoms with Crippen LogP contribution in [0.4, 0.5) is 0 Å². The molecule has 1 nitrogen and oxygen atoms in total. The Hall–Kier alpha value is -1.20. The first-order valence-electron chi connectivity index (χ1n) is 4.67. The van der Waals surface area contributed by atoms with E-state index in [-0.39, 0.29) is 0 Å². The van der Waals surface area contributed by atoms with E-state index in [4.69, 9.17) is 5.26 Å². The summed E-state index contributed by atoms with van der Waals surface area (Å²) in [5.41, 5.74) is 0.862. The maximum atomic E-state index is 8.80. The van der Waals surface area contributed by atoms with Crippen LogP contribution in [0, 0.1) is 11.3 Å². The highest BCUT2D eigenvalue weighted by Crippen LogP contribution is 2.21. The Balaban J connectivity index is 2.58. The van der Waals surface area contributed by atoms with E-state index in [1.165, 1.54) is 4.90 Å². The molecule has 0 N–H and O–H groups in total. The number of nitriles is 1. The lowest BCUT2D eigenvalue weighted by Crippen LogP contribution is -1.76. The molecule has 0 bridgehead atoms. The lowest BCUT2D eigenvalue weighted by molar-refractivity contribution is 0.931. The summed E-state index contributed by atoms with van der Waals surface area (Å²) in [7, 11) is 0. The quantitative estimate of drug-likeness (QED) is 0.546. The molecule has 72 valence electrons. The number of rotatable bonds is 4. The van der Waals surface area contributed by atoms with Gasteiger partial charge in [-0.15, -0.1) is 0 Å². The van der Waals surface area contributed by atoms with Gasteiger partial charge in [0.25, 0.3) is 0 Å². The monoisotopic (exact) mass is 203 g/mol. The van der Waals surface area contributed by atoms with Crippen LogP contribution in [0.15, 0.2) is 46.2 Å². The fraction of sp³-hybridized carbons (Fsp3) is 0.250. The third-order valence-corrected chi connectivity index (χ3v) is 2.69. The summed E-state index contributed by atoms with van der Waals surface area (Å²) < 4.78 is 0. The summed E-state index contributed by atoms with van der Waals surface area (Å²) >= 11 is 1.61. The normalized spacial score (nSPS) is 11.0. The van der Waals surface area contributed by atoms with E-state index in [0.29, 0.717) is 0 Å². The van der Waals surface area contributed by atoms with Gasteiger partial charge in [-0.1, -0.05) is 43.3 Å². The minimum Gasteiger partial charge on any atom is -0.193 e. The molecule has 0 radical (unpaired) electrons. The molecule has 0 atom stereocenters. The molecular formula is C12H13NS. The Morgan fingerprint density at radius 1 is 1.43 bits per heavy atom. The highest BCUT2D eigenvalue weighted by molar-refractivity contribution is 8.02. The van der Waals surface area contributed by atoms with Crippen molar-refractivity contribution in [1.29, 1.82) is 5.26 Å². The summed E-state index contributed by atoms with van der Waals surface area (Å²) in [6.45, 7) is 2.08. The van der Waals surface area contributed by atoms with E-state index >= 15 is 0 Å². The van der Waals surface area contributed by atoms with Crippen LogP contribution in [0.25, 0.3) is 0 Å². The fourth-order valence-corrected chi connectivity index (χ4v) is 1.81. The molecule has 0 saturated carbocycles. The van der Waals surface area contributed by atoms with Gasteiger partial charge >= 0.3 is 0 Å². The van der Waals surface area contributed by atoms with Gasteiger partial charge in [-0.3, -0.25) is 0 Å². The molecule has 0 aromatic heterocycles. The highest BCUT2D eigenvalue weighted by Gasteiger charge is 1.94. The van der Waals surface area contributed by atoms with Crippen LogP contribution >= 0.6 is 11.8 Å². The molecule has 0 heterocycles. The average molecular weight is 203 g/mol. The number of allylic oxidation sites excluding steroid dienone is 1. The largest absolute Gasteiger partial charge is 0.193 e. The van der Waals surface area contributed by atoms with Gasteiger partial charge in [-0.05, 0) is 24.0 Å². The van der Waals surface area contributed by atoms with Gasteiger partial charge < -0.3 is 0 Å². The number of hydrogen-bond acceptors (Lipinski definition) is 2. The van der Waals surface area contributed by atoms with Crippen LogP contribution in [0.3, 0.4) is 0 Å². The van der Waals surface area contributed by atoms with Crippen molar-refractivity contribution in [3.05, 3.63) is 41.3 Å². The molecule has 2 heteroatoms. The van der Waals surface area contributed by atoms with Gasteiger partial charge in [-0.2, -0.15) is 5.26 Å². The van der Waals surface area contributed by atoms with Crippen LogP contribution < -0.4 is 0 Å². The van der Waals surface area contributed by atoms with Crippen molar-refractivity contribution in [2.75, 3.05) is 0 Å². The molecule has 0 aliphatic carbocycles. The topological polar surface area (TPSA) is 23.8 Å². The number of hydrogen-bond donors (Lipinski definition) is 0. The third kappa shape index (κ3) is 3.68. The second kappa shape index (κ2) is 6.28. The summed E-state index contributed by atoms with van der Waals surface area (Å²) in [6, 6.07) is 12.3. The van der Waals surface area contributed by atoms with Crippen molar-refractivity contribution in [2.24, 2.45) is 0 Å². The zero-order valence-electron chi connectivity index (χ0n) is 8.23. The van der Waals surface area contributed by atoms with Crippen molar-refractivity contribution in [3.63, 3.8) is 0 Å². The summed E-state index contributed by atoms with van der Waals surface area (Å²) in [5.74, 6) is 0. The van der Waals surface area contributed by atoms with E-state index in [2.05, 4.69) is 13.0 Å². The molecule has 0 unspecified atom stereocenters. The molecule has 1 rings (SSSR count). The van der Waals surface area contributed by atoms with E-state index in [1.54, 1.807) is 11.8 Å². The number of thioether (sulfide) groups is 1. The first-order valence-corrected chi connectivity index (χ1v) is 5.55. The molecule has 0 aliphatic heterocycles. The average Bonchev–Trinajstić information content (AvgIpc) is 2.25. The molecule has 0 fully saturated rings. The predicted octanol–water partition coefficient (Wildman–Crippen LogP) is 3.99. The zero-order valence-corrected chi connectivity index (χ0v) is 9.05. The highest BCUT2D eigenvalue weighted by atomic mass is 32.2. The summed E-state index contributed by atoms with van der Waals surface area (Å²) in [5, 5.41) is 10.7. The zero-order chi connectivity index (χ0) is 10.2. The van der Waals surface area contributed by atoms with Crippen molar-refractivity contribution in [3.8, 4) is 6.07 Å². The van der Waals surface area contributed by atoms with E-state index in [9.17, 15) is 0 Å². The second-order valence-corrected chi connectivity index (χ2v) is 3.88. The standard InChI is InChI=1S/C12H13NS/c1-2-6-11(9-13)10-14-12-7-4-3-5-8-12/h3-5,7-8,10H,2,6H2,1H3. The van der Waals surface area contributed by atoms with Crippen molar-refractivity contribution in [2.45, 2.75) is 24.7 Å². The van der Waals surface area contributed by atoms with Crippen LogP contribution in [-0.2, 0) is 0 Å². The lowest BCUT2D eigenvalue weighted by atomic mass is 10.2. The smallest absolute Gasteiger partial charge is 0.0952 e. The van der Waals surface area contributed by atoms with Gasteiger partial charge in [-0.25, -0.2) is 0 Å². The van der Waals surface area contributed by atoms with Crippen LogP contribution in [0.5, 0.6) is 0 Å².